The Bertz CT molecular complexity index is 821. The van der Waals surface area contributed by atoms with E-state index in [0.717, 1.165) is 22.4 Å². The minimum atomic E-state index is -0.470. The summed E-state index contributed by atoms with van der Waals surface area (Å²) >= 11 is 1.55. The van der Waals surface area contributed by atoms with Gasteiger partial charge in [0.2, 0.25) is 0 Å². The largest absolute Gasteiger partial charge is 0.302 e. The third-order valence-corrected chi connectivity index (χ3v) is 4.64. The third kappa shape index (κ3) is 2.90. The Morgan fingerprint density at radius 1 is 1.00 bits per heavy atom. The molecule has 0 bridgehead atoms. The molecule has 0 saturated heterocycles. The second-order valence-corrected chi connectivity index (χ2v) is 7.40. The number of benzene rings is 2. The van der Waals surface area contributed by atoms with Crippen molar-refractivity contribution in [3.8, 4) is 11.3 Å². The van der Waals surface area contributed by atoms with Crippen molar-refractivity contribution in [1.82, 2.24) is 4.98 Å². The average Bonchev–Trinajstić information content (AvgIpc) is 2.55. The van der Waals surface area contributed by atoms with Gasteiger partial charge in [0.25, 0.3) is 0 Å². The van der Waals surface area contributed by atoms with E-state index < -0.39 is 4.75 Å². The summed E-state index contributed by atoms with van der Waals surface area (Å²) in [7, 11) is 0. The molecule has 3 heteroatoms. The van der Waals surface area contributed by atoms with E-state index in [9.17, 15) is 4.79 Å². The molecular formula is C19H17NOS. The highest BCUT2D eigenvalue weighted by atomic mass is 32.2. The number of rotatable bonds is 4. The number of thioether (sulfide) groups is 1. The summed E-state index contributed by atoms with van der Waals surface area (Å²) in [4.78, 5) is 16.9. The van der Waals surface area contributed by atoms with Gasteiger partial charge in [-0.25, -0.2) is 0 Å². The Kier molecular flexibility index (Phi) is 3.99. The molecule has 0 atom stereocenters. The second kappa shape index (κ2) is 5.93. The highest BCUT2D eigenvalue weighted by molar-refractivity contribution is 8.01. The van der Waals surface area contributed by atoms with Crippen molar-refractivity contribution in [2.24, 2.45) is 0 Å². The molecule has 2 nitrogen and oxygen atoms in total. The first-order valence-corrected chi connectivity index (χ1v) is 8.01. The topological polar surface area (TPSA) is 30.0 Å². The molecule has 0 spiro atoms. The quantitative estimate of drug-likeness (QED) is 0.503. The van der Waals surface area contributed by atoms with Gasteiger partial charge in [-0.1, -0.05) is 42.5 Å². The van der Waals surface area contributed by atoms with E-state index in [1.165, 1.54) is 10.8 Å². The molecule has 1 aromatic heterocycles. The monoisotopic (exact) mass is 307 g/mol. The van der Waals surface area contributed by atoms with Gasteiger partial charge >= 0.3 is 0 Å². The van der Waals surface area contributed by atoms with Crippen molar-refractivity contribution in [2.45, 2.75) is 23.5 Å². The van der Waals surface area contributed by atoms with Crippen LogP contribution in [0.15, 0.2) is 65.7 Å². The lowest BCUT2D eigenvalue weighted by Gasteiger charge is -2.18. The van der Waals surface area contributed by atoms with Crippen LogP contribution in [-0.2, 0) is 4.79 Å². The summed E-state index contributed by atoms with van der Waals surface area (Å²) in [5, 5.41) is 2.37. The molecule has 0 aliphatic carbocycles. The predicted octanol–water partition coefficient (Wildman–Crippen LogP) is 4.97. The van der Waals surface area contributed by atoms with E-state index in [2.05, 4.69) is 29.2 Å². The van der Waals surface area contributed by atoms with Crippen LogP contribution in [0.25, 0.3) is 22.0 Å². The molecule has 0 radical (unpaired) electrons. The summed E-state index contributed by atoms with van der Waals surface area (Å²) in [5.74, 6) is 0. The Hall–Kier alpha value is -2.13. The lowest BCUT2D eigenvalue weighted by atomic mass is 10.0. The smallest absolute Gasteiger partial charge is 0.135 e. The van der Waals surface area contributed by atoms with Crippen molar-refractivity contribution in [3.63, 3.8) is 0 Å². The Labute approximate surface area is 134 Å². The maximum Gasteiger partial charge on any atom is 0.135 e. The molecule has 2 aromatic carbocycles. The zero-order chi connectivity index (χ0) is 15.6. The van der Waals surface area contributed by atoms with Crippen LogP contribution >= 0.6 is 11.8 Å². The van der Waals surface area contributed by atoms with Gasteiger partial charge in [-0.3, -0.25) is 4.98 Å². The van der Waals surface area contributed by atoms with Crippen LogP contribution in [0.5, 0.6) is 0 Å². The molecule has 0 saturated carbocycles. The molecular weight excluding hydrogens is 290 g/mol. The Morgan fingerprint density at radius 2 is 1.77 bits per heavy atom. The number of pyridine rings is 1. The van der Waals surface area contributed by atoms with E-state index in [-0.39, 0.29) is 0 Å². The highest BCUT2D eigenvalue weighted by Crippen LogP contribution is 2.38. The zero-order valence-electron chi connectivity index (χ0n) is 12.6. The number of carbonyl (C=O) groups is 1. The maximum atomic E-state index is 11.2. The summed E-state index contributed by atoms with van der Waals surface area (Å²) in [6, 6.07) is 18.5. The fourth-order valence-electron chi connectivity index (χ4n) is 2.41. The molecule has 0 fully saturated rings. The van der Waals surface area contributed by atoms with Gasteiger partial charge in [0.1, 0.15) is 6.29 Å². The molecule has 0 aliphatic rings. The van der Waals surface area contributed by atoms with Gasteiger partial charge in [-0.05, 0) is 36.8 Å². The molecule has 1 heterocycles. The fraction of sp³-hybridized carbons (Fsp3) is 0.158. The first kappa shape index (κ1) is 14.8. The minimum Gasteiger partial charge on any atom is -0.302 e. The van der Waals surface area contributed by atoms with Crippen molar-refractivity contribution in [2.75, 3.05) is 0 Å². The fourth-order valence-corrected chi connectivity index (χ4v) is 3.44. The van der Waals surface area contributed by atoms with Crippen molar-refractivity contribution < 1.29 is 4.79 Å². The Morgan fingerprint density at radius 3 is 2.59 bits per heavy atom. The summed E-state index contributed by atoms with van der Waals surface area (Å²) < 4.78 is -0.470. The number of hydrogen-bond acceptors (Lipinski definition) is 3. The number of hydrogen-bond donors (Lipinski definition) is 0. The molecule has 3 aromatic rings. The molecule has 0 amide bonds. The minimum absolute atomic E-state index is 0.470. The number of nitrogens with zero attached hydrogens (tertiary/aromatic N) is 1. The normalized spacial score (nSPS) is 11.5. The van der Waals surface area contributed by atoms with E-state index >= 15 is 0 Å². The first-order valence-electron chi connectivity index (χ1n) is 7.19. The van der Waals surface area contributed by atoms with Gasteiger partial charge in [0, 0.05) is 16.7 Å². The molecule has 0 aliphatic heterocycles. The SMILES string of the molecule is CC(C)(C=O)Sc1cccnc1-c1cccc2ccccc12. The molecule has 110 valence electrons. The number of aromatic nitrogens is 1. The maximum absolute atomic E-state index is 11.2. The van der Waals surface area contributed by atoms with Gasteiger partial charge in [0.15, 0.2) is 0 Å². The van der Waals surface area contributed by atoms with Crippen LogP contribution < -0.4 is 0 Å². The van der Waals surface area contributed by atoms with E-state index in [1.54, 1.807) is 18.0 Å². The van der Waals surface area contributed by atoms with Crippen LogP contribution in [0.2, 0.25) is 0 Å². The van der Waals surface area contributed by atoms with Crippen LogP contribution in [-0.4, -0.2) is 16.0 Å². The van der Waals surface area contributed by atoms with Crippen LogP contribution in [0.4, 0.5) is 0 Å². The van der Waals surface area contributed by atoms with Gasteiger partial charge in [-0.15, -0.1) is 11.8 Å². The van der Waals surface area contributed by atoms with Crippen LogP contribution in [0.3, 0.4) is 0 Å². The molecule has 0 N–H and O–H groups in total. The third-order valence-electron chi connectivity index (χ3n) is 3.47. The van der Waals surface area contributed by atoms with E-state index in [1.807, 2.05) is 44.2 Å². The lowest BCUT2D eigenvalue weighted by molar-refractivity contribution is -0.109. The predicted molar refractivity (Wildman–Crippen MR) is 93.2 cm³/mol. The number of carbonyl (C=O) groups excluding carboxylic acids is 1. The second-order valence-electron chi connectivity index (χ2n) is 5.70. The van der Waals surface area contributed by atoms with Crippen molar-refractivity contribution >= 4 is 28.8 Å². The summed E-state index contributed by atoms with van der Waals surface area (Å²) in [5.41, 5.74) is 2.03. The van der Waals surface area contributed by atoms with Crippen molar-refractivity contribution in [3.05, 3.63) is 60.8 Å². The number of aldehydes is 1. The molecule has 3 rings (SSSR count). The first-order chi connectivity index (χ1) is 10.6. The zero-order valence-corrected chi connectivity index (χ0v) is 13.4. The standard InChI is InChI=1S/C19H17NOS/c1-19(2,13-21)22-17-11-6-12-20-18(17)16-10-5-8-14-7-3-4-9-15(14)16/h3-13H,1-2H3. The highest BCUT2D eigenvalue weighted by Gasteiger charge is 2.21. The molecule has 0 unspecified atom stereocenters. The van der Waals surface area contributed by atoms with Gasteiger partial charge < -0.3 is 4.79 Å². The number of fused-ring (bicyclic) bond motifs is 1. The Balaban J connectivity index is 2.17. The van der Waals surface area contributed by atoms with Gasteiger partial charge in [0.05, 0.1) is 10.4 Å². The van der Waals surface area contributed by atoms with Crippen LogP contribution in [0, 0.1) is 0 Å². The average molecular weight is 307 g/mol. The molecule has 22 heavy (non-hydrogen) atoms. The van der Waals surface area contributed by atoms with E-state index in [4.69, 9.17) is 0 Å². The lowest BCUT2D eigenvalue weighted by Crippen LogP contribution is -2.16. The summed E-state index contributed by atoms with van der Waals surface area (Å²) in [6.07, 6.45) is 2.78. The van der Waals surface area contributed by atoms with Gasteiger partial charge in [-0.2, -0.15) is 0 Å². The van der Waals surface area contributed by atoms with Crippen LogP contribution in [0.1, 0.15) is 13.8 Å². The van der Waals surface area contributed by atoms with Crippen molar-refractivity contribution in [1.29, 1.82) is 0 Å². The van der Waals surface area contributed by atoms with E-state index in [0.29, 0.717) is 0 Å². The summed E-state index contributed by atoms with van der Waals surface area (Å²) in [6.45, 7) is 3.84.